The van der Waals surface area contributed by atoms with Gasteiger partial charge in [0.15, 0.2) is 0 Å². The first-order valence-corrected chi connectivity index (χ1v) is 6.78. The van der Waals surface area contributed by atoms with Crippen LogP contribution in [0.25, 0.3) is 0 Å². The van der Waals surface area contributed by atoms with Crippen molar-refractivity contribution in [3.8, 4) is 0 Å². The first-order chi connectivity index (χ1) is 8.41. The Balaban J connectivity index is 2.84. The zero-order valence-electron chi connectivity index (χ0n) is 10.4. The van der Waals surface area contributed by atoms with Gasteiger partial charge in [0.1, 0.15) is 5.82 Å². The van der Waals surface area contributed by atoms with Gasteiger partial charge < -0.3 is 10.2 Å². The molecule has 0 saturated carbocycles. The molecule has 0 atom stereocenters. The van der Waals surface area contributed by atoms with Crippen LogP contribution in [0.2, 0.25) is 0 Å². The second-order valence-electron chi connectivity index (χ2n) is 4.17. The van der Waals surface area contributed by atoms with Gasteiger partial charge in [0, 0.05) is 10.6 Å². The molecular weight excluding hydrogens is 255 g/mol. The standard InChI is InChI=1S/C13H17FO3S/c1-3-13(17,4-2)8-18-11-7-9(12(15)16)5-6-10(11)14/h5-7,17H,3-4,8H2,1-2H3,(H,15,16). The zero-order chi connectivity index (χ0) is 13.8. The molecule has 0 fully saturated rings. The average molecular weight is 272 g/mol. The predicted molar refractivity (Wildman–Crippen MR) is 69.6 cm³/mol. The maximum atomic E-state index is 13.5. The minimum absolute atomic E-state index is 0.0513. The third kappa shape index (κ3) is 3.71. The summed E-state index contributed by atoms with van der Waals surface area (Å²) in [6.45, 7) is 3.74. The number of carboxylic acids is 1. The Morgan fingerprint density at radius 3 is 2.50 bits per heavy atom. The van der Waals surface area contributed by atoms with Crippen LogP contribution in [-0.4, -0.2) is 27.5 Å². The smallest absolute Gasteiger partial charge is 0.335 e. The van der Waals surface area contributed by atoms with E-state index in [9.17, 15) is 14.3 Å². The second-order valence-corrected chi connectivity index (χ2v) is 5.19. The fourth-order valence-corrected chi connectivity index (χ4v) is 2.66. The molecule has 0 aliphatic rings. The van der Waals surface area contributed by atoms with E-state index in [2.05, 4.69) is 0 Å². The number of thioether (sulfide) groups is 1. The molecule has 0 saturated heterocycles. The molecule has 0 heterocycles. The summed E-state index contributed by atoms with van der Waals surface area (Å²) in [5, 5.41) is 18.9. The highest BCUT2D eigenvalue weighted by atomic mass is 32.2. The fraction of sp³-hybridized carbons (Fsp3) is 0.462. The van der Waals surface area contributed by atoms with Gasteiger partial charge in [-0.2, -0.15) is 0 Å². The quantitative estimate of drug-likeness (QED) is 0.781. The summed E-state index contributed by atoms with van der Waals surface area (Å²) in [7, 11) is 0. The highest BCUT2D eigenvalue weighted by Gasteiger charge is 2.23. The van der Waals surface area contributed by atoms with Crippen molar-refractivity contribution < 1.29 is 19.4 Å². The molecule has 5 heteroatoms. The Morgan fingerprint density at radius 2 is 2.00 bits per heavy atom. The minimum atomic E-state index is -1.09. The summed E-state index contributed by atoms with van der Waals surface area (Å²) in [6.07, 6.45) is 1.16. The van der Waals surface area contributed by atoms with Crippen molar-refractivity contribution in [2.45, 2.75) is 37.2 Å². The summed E-state index contributed by atoms with van der Waals surface area (Å²) in [5.41, 5.74) is -0.786. The summed E-state index contributed by atoms with van der Waals surface area (Å²) >= 11 is 1.15. The third-order valence-electron chi connectivity index (χ3n) is 2.99. The molecule has 0 aliphatic carbocycles. The fourth-order valence-electron chi connectivity index (χ4n) is 1.41. The highest BCUT2D eigenvalue weighted by molar-refractivity contribution is 7.99. The van der Waals surface area contributed by atoms with Crippen molar-refractivity contribution in [2.75, 3.05) is 5.75 Å². The van der Waals surface area contributed by atoms with Crippen molar-refractivity contribution in [3.05, 3.63) is 29.6 Å². The Morgan fingerprint density at radius 1 is 1.39 bits per heavy atom. The molecule has 3 nitrogen and oxygen atoms in total. The van der Waals surface area contributed by atoms with E-state index in [0.29, 0.717) is 18.6 Å². The Labute approximate surface area is 110 Å². The molecule has 0 amide bonds. The Kier molecular flexibility index (Phi) is 5.16. The largest absolute Gasteiger partial charge is 0.478 e. The van der Waals surface area contributed by atoms with Gasteiger partial charge in [-0.1, -0.05) is 13.8 Å². The predicted octanol–water partition coefficient (Wildman–Crippen LogP) is 3.17. The number of hydrogen-bond acceptors (Lipinski definition) is 3. The molecule has 0 bridgehead atoms. The van der Waals surface area contributed by atoms with E-state index < -0.39 is 17.4 Å². The van der Waals surface area contributed by atoms with E-state index in [1.807, 2.05) is 13.8 Å². The van der Waals surface area contributed by atoms with E-state index >= 15 is 0 Å². The first kappa shape index (κ1) is 15.0. The summed E-state index contributed by atoms with van der Waals surface area (Å²) in [4.78, 5) is 11.1. The summed E-state index contributed by atoms with van der Waals surface area (Å²) < 4.78 is 13.5. The number of aliphatic hydroxyl groups is 1. The number of halogens is 1. The lowest BCUT2D eigenvalue weighted by Crippen LogP contribution is -2.29. The van der Waals surface area contributed by atoms with Crippen LogP contribution in [-0.2, 0) is 0 Å². The van der Waals surface area contributed by atoms with E-state index in [1.165, 1.54) is 12.1 Å². The van der Waals surface area contributed by atoms with E-state index in [-0.39, 0.29) is 10.5 Å². The van der Waals surface area contributed by atoms with Crippen molar-refractivity contribution >= 4 is 17.7 Å². The van der Waals surface area contributed by atoms with Crippen LogP contribution >= 0.6 is 11.8 Å². The number of carboxylic acid groups (broad SMARTS) is 1. The average Bonchev–Trinajstić information content (AvgIpc) is 2.37. The van der Waals surface area contributed by atoms with Crippen LogP contribution < -0.4 is 0 Å². The normalized spacial score (nSPS) is 11.6. The second kappa shape index (κ2) is 6.20. The highest BCUT2D eigenvalue weighted by Crippen LogP contribution is 2.29. The van der Waals surface area contributed by atoms with E-state index in [1.54, 1.807) is 0 Å². The van der Waals surface area contributed by atoms with Crippen LogP contribution in [0.3, 0.4) is 0 Å². The van der Waals surface area contributed by atoms with Gasteiger partial charge in [-0.25, -0.2) is 9.18 Å². The molecule has 0 unspecified atom stereocenters. The topological polar surface area (TPSA) is 57.5 Å². The molecule has 0 aliphatic heterocycles. The monoisotopic (exact) mass is 272 g/mol. The summed E-state index contributed by atoms with van der Waals surface area (Å²) in [6, 6.07) is 3.67. The Bertz CT molecular complexity index is 430. The molecule has 0 spiro atoms. The lowest BCUT2D eigenvalue weighted by atomic mass is 10.0. The van der Waals surface area contributed by atoms with Crippen molar-refractivity contribution in [1.29, 1.82) is 0 Å². The number of hydrogen-bond donors (Lipinski definition) is 2. The van der Waals surface area contributed by atoms with E-state index in [0.717, 1.165) is 17.8 Å². The molecular formula is C13H17FO3S. The van der Waals surface area contributed by atoms with Gasteiger partial charge in [-0.15, -0.1) is 11.8 Å². The number of carbonyl (C=O) groups is 1. The lowest BCUT2D eigenvalue weighted by Gasteiger charge is -2.24. The molecule has 18 heavy (non-hydrogen) atoms. The molecule has 0 radical (unpaired) electrons. The maximum absolute atomic E-state index is 13.5. The van der Waals surface area contributed by atoms with Crippen molar-refractivity contribution in [2.24, 2.45) is 0 Å². The number of benzene rings is 1. The number of rotatable bonds is 6. The SMILES string of the molecule is CCC(O)(CC)CSc1cc(C(=O)O)ccc1F. The van der Waals surface area contributed by atoms with Gasteiger partial charge in [0.25, 0.3) is 0 Å². The van der Waals surface area contributed by atoms with Crippen LogP contribution in [0.5, 0.6) is 0 Å². The third-order valence-corrected chi connectivity index (χ3v) is 4.30. The molecule has 0 aromatic heterocycles. The molecule has 2 N–H and O–H groups in total. The van der Waals surface area contributed by atoms with Crippen LogP contribution in [0.15, 0.2) is 23.1 Å². The van der Waals surface area contributed by atoms with Gasteiger partial charge in [-0.05, 0) is 31.0 Å². The molecule has 1 rings (SSSR count). The van der Waals surface area contributed by atoms with E-state index in [4.69, 9.17) is 5.11 Å². The van der Waals surface area contributed by atoms with Crippen LogP contribution in [0, 0.1) is 5.82 Å². The van der Waals surface area contributed by atoms with Crippen molar-refractivity contribution in [3.63, 3.8) is 0 Å². The zero-order valence-corrected chi connectivity index (χ0v) is 11.3. The van der Waals surface area contributed by atoms with Gasteiger partial charge in [-0.3, -0.25) is 0 Å². The Hall–Kier alpha value is -1.07. The summed E-state index contributed by atoms with van der Waals surface area (Å²) in [5.74, 6) is -1.20. The molecule has 1 aromatic carbocycles. The number of aromatic carboxylic acids is 1. The maximum Gasteiger partial charge on any atom is 0.335 e. The van der Waals surface area contributed by atoms with Gasteiger partial charge in [0.05, 0.1) is 11.2 Å². The first-order valence-electron chi connectivity index (χ1n) is 5.80. The van der Waals surface area contributed by atoms with Crippen LogP contribution in [0.4, 0.5) is 4.39 Å². The van der Waals surface area contributed by atoms with Crippen molar-refractivity contribution in [1.82, 2.24) is 0 Å². The van der Waals surface area contributed by atoms with Crippen LogP contribution in [0.1, 0.15) is 37.0 Å². The lowest BCUT2D eigenvalue weighted by molar-refractivity contribution is 0.0571. The minimum Gasteiger partial charge on any atom is -0.478 e. The van der Waals surface area contributed by atoms with Gasteiger partial charge in [0.2, 0.25) is 0 Å². The molecule has 100 valence electrons. The van der Waals surface area contributed by atoms with Gasteiger partial charge >= 0.3 is 5.97 Å². The molecule has 1 aromatic rings.